The average Bonchev–Trinajstić information content (AvgIpc) is 3.14. The van der Waals surface area contributed by atoms with E-state index >= 15 is 0 Å². The van der Waals surface area contributed by atoms with Crippen molar-refractivity contribution < 1.29 is 13.6 Å². The summed E-state index contributed by atoms with van der Waals surface area (Å²) in [5, 5.41) is 9.46. The van der Waals surface area contributed by atoms with Gasteiger partial charge in [-0.25, -0.2) is 4.79 Å². The Morgan fingerprint density at radius 2 is 1.96 bits per heavy atom. The third kappa shape index (κ3) is 3.77. The number of methoxy groups -OCH3 is 1. The van der Waals surface area contributed by atoms with Gasteiger partial charge >= 0.3 is 5.63 Å². The molecule has 4 rings (SSSR count). The molecule has 2 aromatic heterocycles. The SMILES string of the molecule is COc1ccccc1-c1nnc(SCc2cc(=O)oc3cc(Br)ccc23)o1. The molecule has 0 bridgehead atoms. The topological polar surface area (TPSA) is 78.4 Å². The van der Waals surface area contributed by atoms with Crippen molar-refractivity contribution in [3.8, 4) is 17.2 Å². The molecule has 0 spiro atoms. The van der Waals surface area contributed by atoms with E-state index in [-0.39, 0.29) is 0 Å². The largest absolute Gasteiger partial charge is 0.496 e. The predicted molar refractivity (Wildman–Crippen MR) is 106 cm³/mol. The molecule has 0 fully saturated rings. The Morgan fingerprint density at radius 3 is 2.81 bits per heavy atom. The summed E-state index contributed by atoms with van der Waals surface area (Å²) in [5.41, 5.74) is 1.72. The van der Waals surface area contributed by atoms with Gasteiger partial charge in [0.25, 0.3) is 11.1 Å². The van der Waals surface area contributed by atoms with Gasteiger partial charge in [-0.3, -0.25) is 0 Å². The van der Waals surface area contributed by atoms with Crippen LogP contribution in [0.5, 0.6) is 5.75 Å². The molecule has 0 atom stereocenters. The fraction of sp³-hybridized carbons (Fsp3) is 0.105. The zero-order valence-electron chi connectivity index (χ0n) is 14.1. The van der Waals surface area contributed by atoms with E-state index in [1.807, 2.05) is 36.4 Å². The van der Waals surface area contributed by atoms with Crippen molar-refractivity contribution in [3.63, 3.8) is 0 Å². The van der Waals surface area contributed by atoms with Crippen LogP contribution in [0.15, 0.2) is 71.9 Å². The van der Waals surface area contributed by atoms with Gasteiger partial charge in [-0.15, -0.1) is 10.2 Å². The first-order valence-electron chi connectivity index (χ1n) is 7.96. The van der Waals surface area contributed by atoms with Crippen LogP contribution in [0.2, 0.25) is 0 Å². The Kier molecular flexibility index (Phi) is 5.00. The van der Waals surface area contributed by atoms with E-state index in [4.69, 9.17) is 13.6 Å². The number of aromatic nitrogens is 2. The molecule has 2 heterocycles. The highest BCUT2D eigenvalue weighted by Crippen LogP contribution is 2.32. The molecule has 136 valence electrons. The Labute approximate surface area is 166 Å². The monoisotopic (exact) mass is 444 g/mol. The molecule has 0 saturated carbocycles. The van der Waals surface area contributed by atoms with Crippen LogP contribution >= 0.6 is 27.7 Å². The Hall–Kier alpha value is -2.58. The van der Waals surface area contributed by atoms with Crippen molar-refractivity contribution in [3.05, 3.63) is 69.0 Å². The van der Waals surface area contributed by atoms with Gasteiger partial charge in [0.05, 0.1) is 12.7 Å². The molecular formula is C19H13BrN2O4S. The number of nitrogens with zero attached hydrogens (tertiary/aromatic N) is 2. The molecule has 0 unspecified atom stereocenters. The standard InChI is InChI=1S/C19H13BrN2O4S/c1-24-15-5-3-2-4-14(15)18-21-22-19(26-18)27-10-11-8-17(23)25-16-9-12(20)6-7-13(11)16/h2-9H,10H2,1H3. The number of fused-ring (bicyclic) bond motifs is 1. The van der Waals surface area contributed by atoms with E-state index in [0.29, 0.717) is 28.2 Å². The third-order valence-electron chi connectivity index (χ3n) is 3.89. The lowest BCUT2D eigenvalue weighted by atomic mass is 10.1. The molecule has 0 aliphatic rings. The first-order valence-corrected chi connectivity index (χ1v) is 9.74. The molecule has 0 saturated heterocycles. The van der Waals surface area contributed by atoms with Crippen molar-refractivity contribution in [1.82, 2.24) is 10.2 Å². The minimum atomic E-state index is -0.392. The van der Waals surface area contributed by atoms with Gasteiger partial charge in [0.2, 0.25) is 0 Å². The smallest absolute Gasteiger partial charge is 0.336 e. The molecule has 0 radical (unpaired) electrons. The summed E-state index contributed by atoms with van der Waals surface area (Å²) in [5.74, 6) is 1.54. The van der Waals surface area contributed by atoms with Crippen LogP contribution in [0, 0.1) is 0 Å². The van der Waals surface area contributed by atoms with E-state index < -0.39 is 5.63 Å². The summed E-state index contributed by atoms with van der Waals surface area (Å²) in [4.78, 5) is 11.8. The van der Waals surface area contributed by atoms with Crippen LogP contribution in [0.3, 0.4) is 0 Å². The highest BCUT2D eigenvalue weighted by atomic mass is 79.9. The zero-order chi connectivity index (χ0) is 18.8. The quantitative estimate of drug-likeness (QED) is 0.319. The number of para-hydroxylation sites is 1. The highest BCUT2D eigenvalue weighted by molar-refractivity contribution is 9.10. The second-order valence-corrected chi connectivity index (χ2v) is 7.44. The van der Waals surface area contributed by atoms with Gasteiger partial charge in [0.15, 0.2) is 0 Å². The van der Waals surface area contributed by atoms with Crippen LogP contribution in [-0.4, -0.2) is 17.3 Å². The lowest BCUT2D eigenvalue weighted by Gasteiger charge is -2.04. The number of rotatable bonds is 5. The summed E-state index contributed by atoms with van der Waals surface area (Å²) in [6.45, 7) is 0. The highest BCUT2D eigenvalue weighted by Gasteiger charge is 2.14. The van der Waals surface area contributed by atoms with Crippen molar-refractivity contribution in [1.29, 1.82) is 0 Å². The molecular weight excluding hydrogens is 432 g/mol. The van der Waals surface area contributed by atoms with Crippen LogP contribution in [-0.2, 0) is 5.75 Å². The van der Waals surface area contributed by atoms with Crippen LogP contribution in [0.25, 0.3) is 22.4 Å². The van der Waals surface area contributed by atoms with E-state index in [0.717, 1.165) is 21.0 Å². The zero-order valence-corrected chi connectivity index (χ0v) is 16.5. The second-order valence-electron chi connectivity index (χ2n) is 5.59. The summed E-state index contributed by atoms with van der Waals surface area (Å²) in [7, 11) is 1.59. The summed E-state index contributed by atoms with van der Waals surface area (Å²) in [6.07, 6.45) is 0. The van der Waals surface area contributed by atoms with Gasteiger partial charge in [0, 0.05) is 21.7 Å². The fourth-order valence-corrected chi connectivity index (χ4v) is 3.76. The van der Waals surface area contributed by atoms with Gasteiger partial charge < -0.3 is 13.6 Å². The first-order chi connectivity index (χ1) is 13.1. The van der Waals surface area contributed by atoms with Gasteiger partial charge in [-0.1, -0.05) is 39.8 Å². The molecule has 27 heavy (non-hydrogen) atoms. The molecule has 8 heteroatoms. The van der Waals surface area contributed by atoms with Crippen LogP contribution in [0.1, 0.15) is 5.56 Å². The molecule has 0 aliphatic heterocycles. The summed E-state index contributed by atoms with van der Waals surface area (Å²) < 4.78 is 17.2. The average molecular weight is 445 g/mol. The number of hydrogen-bond acceptors (Lipinski definition) is 7. The van der Waals surface area contributed by atoms with E-state index in [1.54, 1.807) is 13.2 Å². The number of ether oxygens (including phenoxy) is 1. The van der Waals surface area contributed by atoms with Crippen LogP contribution in [0.4, 0.5) is 0 Å². The van der Waals surface area contributed by atoms with Crippen molar-refractivity contribution in [2.75, 3.05) is 7.11 Å². The lowest BCUT2D eigenvalue weighted by molar-refractivity contribution is 0.411. The lowest BCUT2D eigenvalue weighted by Crippen LogP contribution is -1.99. The maximum atomic E-state index is 11.8. The molecule has 4 aromatic rings. The van der Waals surface area contributed by atoms with Gasteiger partial charge in [0.1, 0.15) is 11.3 Å². The minimum absolute atomic E-state index is 0.385. The molecule has 6 nitrogen and oxygen atoms in total. The first kappa shape index (κ1) is 17.8. The number of hydrogen-bond donors (Lipinski definition) is 0. The third-order valence-corrected chi connectivity index (χ3v) is 5.25. The van der Waals surface area contributed by atoms with E-state index in [1.165, 1.54) is 17.8 Å². The van der Waals surface area contributed by atoms with Crippen LogP contribution < -0.4 is 10.4 Å². The predicted octanol–water partition coefficient (Wildman–Crippen LogP) is 4.91. The number of halogens is 1. The minimum Gasteiger partial charge on any atom is -0.496 e. The number of benzene rings is 2. The molecule has 0 aliphatic carbocycles. The fourth-order valence-electron chi connectivity index (χ4n) is 2.66. The summed E-state index contributed by atoms with van der Waals surface area (Å²) in [6, 6.07) is 14.5. The maximum Gasteiger partial charge on any atom is 0.336 e. The Morgan fingerprint density at radius 1 is 1.11 bits per heavy atom. The molecule has 0 amide bonds. The van der Waals surface area contributed by atoms with Gasteiger partial charge in [-0.05, 0) is 35.9 Å². The molecule has 2 aromatic carbocycles. The van der Waals surface area contributed by atoms with E-state index in [9.17, 15) is 4.79 Å². The van der Waals surface area contributed by atoms with Crippen molar-refractivity contribution >= 4 is 38.7 Å². The van der Waals surface area contributed by atoms with Crippen molar-refractivity contribution in [2.24, 2.45) is 0 Å². The second kappa shape index (κ2) is 7.58. The Bertz CT molecular complexity index is 1170. The van der Waals surface area contributed by atoms with E-state index in [2.05, 4.69) is 26.1 Å². The molecule has 0 N–H and O–H groups in total. The van der Waals surface area contributed by atoms with Crippen molar-refractivity contribution in [2.45, 2.75) is 11.0 Å². The maximum absolute atomic E-state index is 11.8. The van der Waals surface area contributed by atoms with Gasteiger partial charge in [-0.2, -0.15) is 0 Å². The Balaban J connectivity index is 1.59. The number of thioether (sulfide) groups is 1. The summed E-state index contributed by atoms with van der Waals surface area (Å²) >= 11 is 4.74. The normalized spacial score (nSPS) is 11.0.